The third-order valence-electron chi connectivity index (χ3n) is 4.23. The minimum Gasteiger partial charge on any atom is -0.374 e. The number of nitrogens with one attached hydrogen (secondary N) is 1. The van der Waals surface area contributed by atoms with Crippen LogP contribution in [0, 0.1) is 0 Å². The number of nitrogens with two attached hydrogens (primary N) is 1. The van der Waals surface area contributed by atoms with Gasteiger partial charge >= 0.3 is 8.80 Å². The van der Waals surface area contributed by atoms with Crippen molar-refractivity contribution in [2.24, 2.45) is 5.73 Å². The Morgan fingerprint density at radius 1 is 1.26 bits per heavy atom. The van der Waals surface area contributed by atoms with Gasteiger partial charge in [-0.15, -0.1) is 11.6 Å². The van der Waals surface area contributed by atoms with E-state index in [2.05, 4.69) is 18.0 Å². The molecule has 0 amide bonds. The predicted octanol–water partition coefficient (Wildman–Crippen LogP) is 4.10. The molecule has 0 bridgehead atoms. The van der Waals surface area contributed by atoms with Gasteiger partial charge in [-0.3, -0.25) is 0 Å². The monoisotopic (exact) mass is 414 g/mol. The predicted molar refractivity (Wildman–Crippen MR) is 116 cm³/mol. The standard InChI is InChI=1S/C20H35ClN2O3Si/c1-5-18-9-10-19(16-21)20(15-18)17(4)26-27(24-6-2,25-7-3)14-8-12-23-13-11-22/h5,9-10,15,17,23H,1,6-8,11-14,16,22H2,2-4H3. The topological polar surface area (TPSA) is 65.7 Å². The Morgan fingerprint density at radius 3 is 2.52 bits per heavy atom. The summed E-state index contributed by atoms with van der Waals surface area (Å²) in [5, 5.41) is 3.31. The molecule has 1 rings (SSSR count). The molecule has 0 spiro atoms. The van der Waals surface area contributed by atoms with Gasteiger partial charge < -0.3 is 24.3 Å². The van der Waals surface area contributed by atoms with Gasteiger partial charge in [0.15, 0.2) is 0 Å². The van der Waals surface area contributed by atoms with Crippen molar-refractivity contribution < 1.29 is 13.3 Å². The molecule has 0 heterocycles. The Morgan fingerprint density at radius 2 is 1.96 bits per heavy atom. The normalized spacial score (nSPS) is 12.9. The molecule has 0 aliphatic rings. The average molecular weight is 415 g/mol. The third-order valence-corrected chi connectivity index (χ3v) is 7.65. The lowest BCUT2D eigenvalue weighted by Gasteiger charge is -2.32. The van der Waals surface area contributed by atoms with Crippen molar-refractivity contribution in [2.75, 3.05) is 32.8 Å². The Kier molecular flexibility index (Phi) is 12.1. The van der Waals surface area contributed by atoms with Crippen LogP contribution in [0.5, 0.6) is 0 Å². The maximum atomic E-state index is 6.50. The Labute approximate surface area is 170 Å². The molecule has 0 saturated heterocycles. The highest BCUT2D eigenvalue weighted by molar-refractivity contribution is 6.60. The van der Waals surface area contributed by atoms with Crippen molar-refractivity contribution in [3.8, 4) is 0 Å². The van der Waals surface area contributed by atoms with Crippen molar-refractivity contribution in [1.29, 1.82) is 0 Å². The van der Waals surface area contributed by atoms with Crippen LogP contribution in [-0.2, 0) is 19.2 Å². The highest BCUT2D eigenvalue weighted by Crippen LogP contribution is 2.30. The molecule has 154 valence electrons. The minimum atomic E-state index is -2.81. The Balaban J connectivity index is 2.96. The first-order valence-electron chi connectivity index (χ1n) is 9.73. The first-order valence-corrected chi connectivity index (χ1v) is 12.2. The average Bonchev–Trinajstić information content (AvgIpc) is 2.67. The van der Waals surface area contributed by atoms with Crippen LogP contribution in [0.2, 0.25) is 6.04 Å². The second-order valence-corrected chi connectivity index (χ2v) is 9.19. The summed E-state index contributed by atoms with van der Waals surface area (Å²) in [5.41, 5.74) is 8.68. The zero-order valence-corrected chi connectivity index (χ0v) is 18.7. The molecule has 0 radical (unpaired) electrons. The number of halogens is 1. The molecule has 0 fully saturated rings. The molecule has 0 aromatic heterocycles. The molecule has 7 heteroatoms. The van der Waals surface area contributed by atoms with Crippen LogP contribution in [-0.4, -0.2) is 41.7 Å². The van der Waals surface area contributed by atoms with Gasteiger partial charge in [0.2, 0.25) is 0 Å². The fourth-order valence-corrected chi connectivity index (χ4v) is 6.01. The lowest BCUT2D eigenvalue weighted by atomic mass is 10.0. The van der Waals surface area contributed by atoms with Gasteiger partial charge in [0, 0.05) is 38.2 Å². The van der Waals surface area contributed by atoms with Crippen molar-refractivity contribution in [3.05, 3.63) is 41.5 Å². The van der Waals surface area contributed by atoms with Gasteiger partial charge in [-0.05, 0) is 56.5 Å². The smallest absolute Gasteiger partial charge is 0.374 e. The van der Waals surface area contributed by atoms with E-state index in [0.717, 1.165) is 42.2 Å². The molecule has 0 aliphatic carbocycles. The van der Waals surface area contributed by atoms with E-state index in [-0.39, 0.29) is 6.10 Å². The van der Waals surface area contributed by atoms with Crippen LogP contribution < -0.4 is 11.1 Å². The molecular formula is C20H35ClN2O3Si. The first kappa shape index (κ1) is 24.3. The maximum absolute atomic E-state index is 6.50. The summed E-state index contributed by atoms with van der Waals surface area (Å²) in [6.45, 7) is 13.3. The molecule has 27 heavy (non-hydrogen) atoms. The lowest BCUT2D eigenvalue weighted by Crippen LogP contribution is -2.47. The second kappa shape index (κ2) is 13.4. The van der Waals surface area contributed by atoms with Crippen LogP contribution in [0.4, 0.5) is 0 Å². The first-order chi connectivity index (χ1) is 13.1. The highest BCUT2D eigenvalue weighted by Gasteiger charge is 2.42. The lowest BCUT2D eigenvalue weighted by molar-refractivity contribution is 0.0372. The fourth-order valence-electron chi connectivity index (χ4n) is 2.98. The van der Waals surface area contributed by atoms with E-state index in [1.54, 1.807) is 0 Å². The summed E-state index contributed by atoms with van der Waals surface area (Å²) in [7, 11) is -2.81. The Hall–Kier alpha value is -0.733. The summed E-state index contributed by atoms with van der Waals surface area (Å²) in [4.78, 5) is 0. The summed E-state index contributed by atoms with van der Waals surface area (Å²) in [6, 6.07) is 6.88. The van der Waals surface area contributed by atoms with Crippen LogP contribution in [0.15, 0.2) is 24.8 Å². The molecule has 0 saturated carbocycles. The zero-order chi connectivity index (χ0) is 20.1. The molecule has 1 aromatic rings. The van der Waals surface area contributed by atoms with E-state index in [9.17, 15) is 0 Å². The highest BCUT2D eigenvalue weighted by atomic mass is 35.5. The SMILES string of the molecule is C=Cc1ccc(CCl)c(C(C)O[Si](CCCNCCN)(OCC)OCC)c1. The molecule has 1 atom stereocenters. The van der Waals surface area contributed by atoms with Gasteiger partial charge in [-0.1, -0.05) is 24.8 Å². The Bertz CT molecular complexity index is 554. The van der Waals surface area contributed by atoms with Gasteiger partial charge in [-0.2, -0.15) is 0 Å². The second-order valence-electron chi connectivity index (χ2n) is 6.25. The van der Waals surface area contributed by atoms with E-state index in [1.807, 2.05) is 39.0 Å². The van der Waals surface area contributed by atoms with Crippen molar-refractivity contribution in [1.82, 2.24) is 5.32 Å². The summed E-state index contributed by atoms with van der Waals surface area (Å²) >= 11 is 6.15. The number of hydrogen-bond donors (Lipinski definition) is 2. The van der Waals surface area contributed by atoms with Crippen LogP contribution >= 0.6 is 11.6 Å². The van der Waals surface area contributed by atoms with E-state index in [0.29, 0.717) is 25.6 Å². The fraction of sp³-hybridized carbons (Fsp3) is 0.600. The van der Waals surface area contributed by atoms with E-state index in [1.165, 1.54) is 0 Å². The molecule has 5 nitrogen and oxygen atoms in total. The van der Waals surface area contributed by atoms with Crippen molar-refractivity contribution >= 4 is 26.5 Å². The van der Waals surface area contributed by atoms with E-state index >= 15 is 0 Å². The largest absolute Gasteiger partial charge is 0.501 e. The van der Waals surface area contributed by atoms with E-state index in [4.69, 9.17) is 30.6 Å². The van der Waals surface area contributed by atoms with Crippen LogP contribution in [0.25, 0.3) is 6.08 Å². The van der Waals surface area contributed by atoms with Crippen LogP contribution in [0.3, 0.4) is 0 Å². The quantitative estimate of drug-likeness (QED) is 0.257. The molecule has 0 aliphatic heterocycles. The molecule has 3 N–H and O–H groups in total. The van der Waals surface area contributed by atoms with Crippen LogP contribution in [0.1, 0.15) is 50.0 Å². The summed E-state index contributed by atoms with van der Waals surface area (Å²) in [6.07, 6.45) is 2.56. The number of rotatable bonds is 15. The maximum Gasteiger partial charge on any atom is 0.501 e. The van der Waals surface area contributed by atoms with Gasteiger partial charge in [-0.25, -0.2) is 0 Å². The minimum absolute atomic E-state index is 0.180. The van der Waals surface area contributed by atoms with E-state index < -0.39 is 8.80 Å². The molecule has 1 aromatic carbocycles. The summed E-state index contributed by atoms with van der Waals surface area (Å²) in [5.74, 6) is 0.432. The summed E-state index contributed by atoms with van der Waals surface area (Å²) < 4.78 is 18.7. The molecule has 1 unspecified atom stereocenters. The van der Waals surface area contributed by atoms with Crippen molar-refractivity contribution in [2.45, 2.75) is 45.2 Å². The third kappa shape index (κ3) is 8.03. The van der Waals surface area contributed by atoms with Crippen molar-refractivity contribution in [3.63, 3.8) is 0 Å². The van der Waals surface area contributed by atoms with Gasteiger partial charge in [0.25, 0.3) is 0 Å². The number of benzene rings is 1. The van der Waals surface area contributed by atoms with Gasteiger partial charge in [0.1, 0.15) is 0 Å². The number of hydrogen-bond acceptors (Lipinski definition) is 5. The van der Waals surface area contributed by atoms with Gasteiger partial charge in [0.05, 0.1) is 6.10 Å². The molecular weight excluding hydrogens is 380 g/mol. The zero-order valence-electron chi connectivity index (χ0n) is 16.9. The number of alkyl halides is 1.